The summed E-state index contributed by atoms with van der Waals surface area (Å²) in [7, 11) is 0. The molecule has 1 aliphatic heterocycles. The molecular weight excluding hydrogens is 510 g/mol. The summed E-state index contributed by atoms with van der Waals surface area (Å²) in [6.45, 7) is 6.52. The molecule has 2 N–H and O–H groups in total. The first kappa shape index (κ1) is 23.9. The van der Waals surface area contributed by atoms with Crippen LogP contribution in [0.3, 0.4) is 0 Å². The van der Waals surface area contributed by atoms with Gasteiger partial charge in [0.25, 0.3) is 0 Å². The Morgan fingerprint density at radius 2 is 2.03 bits per heavy atom. The molecule has 1 unspecified atom stereocenters. The lowest BCUT2D eigenvalue weighted by Crippen LogP contribution is -2.52. The minimum Gasteiger partial charge on any atom is -0.467 e. The second kappa shape index (κ2) is 11.7. The van der Waals surface area contributed by atoms with E-state index in [0.717, 1.165) is 38.7 Å². The molecule has 3 rings (SSSR count). The number of benzene rings is 1. The third kappa shape index (κ3) is 6.56. The van der Waals surface area contributed by atoms with Gasteiger partial charge in [0.15, 0.2) is 5.96 Å². The van der Waals surface area contributed by atoms with Crippen molar-refractivity contribution < 1.29 is 13.9 Å². The second-order valence-corrected chi connectivity index (χ2v) is 7.10. The standard InChI is InChI=1S/C20H26ClFN4O2.HI/c1-2-23-20(24-13-18(27)19-7-4-12-28-19)26-10-8-25(9-11-26)14-15-16(21)5-3-6-17(15)22;/h3-7,12,18,27H,2,8-11,13-14H2,1H3,(H,23,24);1H. The van der Waals surface area contributed by atoms with Crippen molar-refractivity contribution in [2.45, 2.75) is 19.6 Å². The van der Waals surface area contributed by atoms with Gasteiger partial charge in [-0.05, 0) is 31.2 Å². The van der Waals surface area contributed by atoms with Gasteiger partial charge in [0.1, 0.15) is 17.7 Å². The lowest BCUT2D eigenvalue weighted by Gasteiger charge is -2.36. The summed E-state index contributed by atoms with van der Waals surface area (Å²) in [6.07, 6.45) is 0.766. The second-order valence-electron chi connectivity index (χ2n) is 6.69. The summed E-state index contributed by atoms with van der Waals surface area (Å²) in [5.41, 5.74) is 0.541. The van der Waals surface area contributed by atoms with Crippen LogP contribution in [0.15, 0.2) is 46.0 Å². The molecule has 0 aliphatic carbocycles. The molecule has 1 saturated heterocycles. The third-order valence-corrected chi connectivity index (χ3v) is 5.09. The summed E-state index contributed by atoms with van der Waals surface area (Å²) < 4.78 is 19.2. The molecule has 0 spiro atoms. The van der Waals surface area contributed by atoms with Crippen LogP contribution in [0.4, 0.5) is 4.39 Å². The van der Waals surface area contributed by atoms with E-state index in [1.165, 1.54) is 12.3 Å². The third-order valence-electron chi connectivity index (χ3n) is 4.74. The van der Waals surface area contributed by atoms with Crippen molar-refractivity contribution in [2.75, 3.05) is 39.3 Å². The fourth-order valence-electron chi connectivity index (χ4n) is 3.19. The van der Waals surface area contributed by atoms with E-state index >= 15 is 0 Å². The summed E-state index contributed by atoms with van der Waals surface area (Å²) in [6, 6.07) is 8.26. The highest BCUT2D eigenvalue weighted by Crippen LogP contribution is 2.21. The quantitative estimate of drug-likeness (QED) is 0.336. The topological polar surface area (TPSA) is 64.2 Å². The zero-order chi connectivity index (χ0) is 19.9. The SMILES string of the molecule is CCNC(=NCC(O)c1ccco1)N1CCN(Cc2c(F)cccc2Cl)CC1.I. The number of nitrogens with zero attached hydrogens (tertiary/aromatic N) is 3. The number of aliphatic hydroxyl groups excluding tert-OH is 1. The van der Waals surface area contributed by atoms with Gasteiger partial charge in [-0.1, -0.05) is 17.7 Å². The fraction of sp³-hybridized carbons (Fsp3) is 0.450. The molecule has 9 heteroatoms. The molecule has 29 heavy (non-hydrogen) atoms. The van der Waals surface area contributed by atoms with Crippen molar-refractivity contribution in [2.24, 2.45) is 4.99 Å². The van der Waals surface area contributed by atoms with Crippen molar-refractivity contribution in [3.63, 3.8) is 0 Å². The molecule has 0 radical (unpaired) electrons. The number of nitrogens with one attached hydrogen (secondary N) is 1. The van der Waals surface area contributed by atoms with E-state index in [0.29, 0.717) is 22.9 Å². The molecule has 1 aromatic heterocycles. The average molecular weight is 537 g/mol. The van der Waals surface area contributed by atoms with E-state index in [2.05, 4.69) is 20.1 Å². The first-order valence-electron chi connectivity index (χ1n) is 9.48. The zero-order valence-electron chi connectivity index (χ0n) is 16.4. The average Bonchev–Trinajstić information content (AvgIpc) is 3.23. The van der Waals surface area contributed by atoms with E-state index < -0.39 is 6.10 Å². The summed E-state index contributed by atoms with van der Waals surface area (Å²) in [4.78, 5) is 8.89. The van der Waals surface area contributed by atoms with E-state index in [1.54, 1.807) is 24.3 Å². The van der Waals surface area contributed by atoms with Gasteiger partial charge in [-0.15, -0.1) is 24.0 Å². The molecule has 2 heterocycles. The van der Waals surface area contributed by atoms with Crippen LogP contribution in [0.2, 0.25) is 5.02 Å². The Bertz CT molecular complexity index is 763. The monoisotopic (exact) mass is 536 g/mol. The normalized spacial score (nSPS) is 16.4. The number of hydrogen-bond donors (Lipinski definition) is 2. The predicted molar refractivity (Wildman–Crippen MR) is 123 cm³/mol. The first-order chi connectivity index (χ1) is 13.6. The van der Waals surface area contributed by atoms with Gasteiger partial charge in [-0.25, -0.2) is 9.38 Å². The molecule has 1 atom stereocenters. The molecule has 1 aromatic carbocycles. The molecule has 2 aromatic rings. The molecule has 0 saturated carbocycles. The zero-order valence-corrected chi connectivity index (χ0v) is 19.4. The smallest absolute Gasteiger partial charge is 0.194 e. The number of guanidine groups is 1. The number of halogens is 3. The Hall–Kier alpha value is -1.36. The Morgan fingerprint density at radius 1 is 1.28 bits per heavy atom. The maximum atomic E-state index is 14.0. The molecule has 0 amide bonds. The minimum absolute atomic E-state index is 0. The van der Waals surface area contributed by atoms with E-state index in [9.17, 15) is 9.50 Å². The molecule has 1 aliphatic rings. The first-order valence-corrected chi connectivity index (χ1v) is 9.86. The van der Waals surface area contributed by atoms with Crippen molar-refractivity contribution in [1.29, 1.82) is 0 Å². The maximum Gasteiger partial charge on any atom is 0.194 e. The van der Waals surface area contributed by atoms with Crippen LogP contribution in [0.1, 0.15) is 24.4 Å². The lowest BCUT2D eigenvalue weighted by molar-refractivity contribution is 0.155. The van der Waals surface area contributed by atoms with Gasteiger partial charge in [-0.3, -0.25) is 4.90 Å². The van der Waals surface area contributed by atoms with Crippen molar-refractivity contribution in [3.05, 3.63) is 58.8 Å². The van der Waals surface area contributed by atoms with Gasteiger partial charge < -0.3 is 19.7 Å². The van der Waals surface area contributed by atoms with Gasteiger partial charge in [0.05, 0.1) is 12.8 Å². The van der Waals surface area contributed by atoms with Crippen molar-refractivity contribution in [1.82, 2.24) is 15.1 Å². The van der Waals surface area contributed by atoms with Gasteiger partial charge in [0, 0.05) is 49.9 Å². The summed E-state index contributed by atoms with van der Waals surface area (Å²) in [5, 5.41) is 13.9. The highest BCUT2D eigenvalue weighted by atomic mass is 127. The molecular formula is C20H27ClFIN4O2. The van der Waals surface area contributed by atoms with E-state index in [4.69, 9.17) is 16.0 Å². The lowest BCUT2D eigenvalue weighted by atomic mass is 10.2. The molecule has 1 fully saturated rings. The van der Waals surface area contributed by atoms with Crippen molar-refractivity contribution >= 4 is 41.5 Å². The number of furan rings is 1. The van der Waals surface area contributed by atoms with Crippen LogP contribution in [-0.4, -0.2) is 60.1 Å². The summed E-state index contributed by atoms with van der Waals surface area (Å²) >= 11 is 6.14. The molecule has 6 nitrogen and oxygen atoms in total. The highest BCUT2D eigenvalue weighted by Gasteiger charge is 2.22. The van der Waals surface area contributed by atoms with E-state index in [1.807, 2.05) is 6.92 Å². The number of aliphatic imine (C=N–C) groups is 1. The van der Waals surface area contributed by atoms with Crippen LogP contribution in [0.5, 0.6) is 0 Å². The van der Waals surface area contributed by atoms with Crippen molar-refractivity contribution in [3.8, 4) is 0 Å². The largest absolute Gasteiger partial charge is 0.467 e. The molecule has 160 valence electrons. The Balaban J connectivity index is 0.00000300. The molecule has 0 bridgehead atoms. The number of hydrogen-bond acceptors (Lipinski definition) is 4. The maximum absolute atomic E-state index is 14.0. The summed E-state index contributed by atoms with van der Waals surface area (Å²) in [5.74, 6) is 1.000. The number of rotatable bonds is 6. The van der Waals surface area contributed by atoms with Crippen LogP contribution in [0, 0.1) is 5.82 Å². The number of piperazine rings is 1. The highest BCUT2D eigenvalue weighted by molar-refractivity contribution is 14.0. The Kier molecular flexibility index (Phi) is 9.67. The Morgan fingerprint density at radius 3 is 2.66 bits per heavy atom. The minimum atomic E-state index is -0.770. The Labute approximate surface area is 192 Å². The van der Waals surface area contributed by atoms with Gasteiger partial charge in [-0.2, -0.15) is 0 Å². The van der Waals surface area contributed by atoms with Gasteiger partial charge in [0.2, 0.25) is 0 Å². The van der Waals surface area contributed by atoms with Crippen LogP contribution in [-0.2, 0) is 6.54 Å². The van der Waals surface area contributed by atoms with Crippen LogP contribution < -0.4 is 5.32 Å². The fourth-order valence-corrected chi connectivity index (χ4v) is 3.42. The predicted octanol–water partition coefficient (Wildman–Crippen LogP) is 3.51. The van der Waals surface area contributed by atoms with Crippen LogP contribution in [0.25, 0.3) is 0 Å². The number of aliphatic hydroxyl groups is 1. The van der Waals surface area contributed by atoms with Crippen LogP contribution >= 0.6 is 35.6 Å². The van der Waals surface area contributed by atoms with Gasteiger partial charge >= 0.3 is 0 Å². The van der Waals surface area contributed by atoms with E-state index in [-0.39, 0.29) is 36.3 Å².